The van der Waals surface area contributed by atoms with Gasteiger partial charge < -0.3 is 10.4 Å². The molecule has 1 heterocycles. The number of aryl methyl sites for hydroxylation is 1. The summed E-state index contributed by atoms with van der Waals surface area (Å²) < 4.78 is 1.64. The molecule has 0 aliphatic heterocycles. The topological polar surface area (TPSA) is 96.2 Å². The van der Waals surface area contributed by atoms with Gasteiger partial charge in [0.15, 0.2) is 0 Å². The highest BCUT2D eigenvalue weighted by molar-refractivity contribution is 5.93. The minimum atomic E-state index is -0.747. The van der Waals surface area contributed by atoms with Crippen molar-refractivity contribution in [2.45, 2.75) is 31.2 Å². The number of nitrogens with zero attached hydrogens (tertiary/aromatic N) is 2. The van der Waals surface area contributed by atoms with Crippen molar-refractivity contribution in [3.63, 3.8) is 0 Å². The van der Waals surface area contributed by atoms with Crippen molar-refractivity contribution >= 4 is 17.8 Å². The summed E-state index contributed by atoms with van der Waals surface area (Å²) in [6.45, 7) is 1.94. The van der Waals surface area contributed by atoms with Gasteiger partial charge in [0.2, 0.25) is 0 Å². The zero-order chi connectivity index (χ0) is 25.3. The molecule has 2 amide bonds. The van der Waals surface area contributed by atoms with Crippen LogP contribution in [0.15, 0.2) is 85.1 Å². The standard InChI is InChI=1S/C29H28N4O3/c1-19(20-6-4-3-5-7-20)31-28(36)32-26-25(18-30-33(26)2)23-10-8-21(9-11-23)22-12-14-24(15-13-22)29(16-17-29)27(34)35/h3-15,18-19H,16-17H2,1-2H3,(H,34,35)(H2,31,32,36)/t19-/m1/s1. The molecule has 3 aromatic carbocycles. The predicted octanol–water partition coefficient (Wildman–Crippen LogP) is 5.75. The SMILES string of the molecule is C[C@@H](NC(=O)Nc1c(-c2ccc(-c3ccc(C4(C(=O)O)CC4)cc3)cc2)cnn1C)c1ccccc1. The van der Waals surface area contributed by atoms with Gasteiger partial charge in [0.25, 0.3) is 0 Å². The van der Waals surface area contributed by atoms with Gasteiger partial charge in [0.05, 0.1) is 17.7 Å². The number of urea groups is 1. The number of anilines is 1. The van der Waals surface area contributed by atoms with E-state index in [0.717, 1.165) is 33.4 Å². The number of nitrogens with one attached hydrogen (secondary N) is 2. The lowest BCUT2D eigenvalue weighted by atomic mass is 9.93. The van der Waals surface area contributed by atoms with Crippen LogP contribution in [0.2, 0.25) is 0 Å². The van der Waals surface area contributed by atoms with Crippen LogP contribution in [0, 0.1) is 0 Å². The van der Waals surface area contributed by atoms with E-state index in [-0.39, 0.29) is 12.1 Å². The maximum Gasteiger partial charge on any atom is 0.320 e. The van der Waals surface area contributed by atoms with Gasteiger partial charge in [-0.1, -0.05) is 78.9 Å². The summed E-state index contributed by atoms with van der Waals surface area (Å²) in [6, 6.07) is 25.2. The number of aromatic nitrogens is 2. The molecule has 0 saturated heterocycles. The second kappa shape index (κ2) is 9.34. The molecule has 1 aromatic heterocycles. The van der Waals surface area contributed by atoms with Crippen molar-refractivity contribution in [1.29, 1.82) is 0 Å². The van der Waals surface area contributed by atoms with Gasteiger partial charge in [0, 0.05) is 12.6 Å². The lowest BCUT2D eigenvalue weighted by Crippen LogP contribution is -2.32. The normalized spacial score (nSPS) is 14.6. The summed E-state index contributed by atoms with van der Waals surface area (Å²) in [5, 5.41) is 19.8. The lowest BCUT2D eigenvalue weighted by molar-refractivity contribution is -0.140. The zero-order valence-electron chi connectivity index (χ0n) is 20.2. The first-order chi connectivity index (χ1) is 17.4. The molecule has 7 heteroatoms. The Hall–Kier alpha value is -4.39. The molecule has 0 spiro atoms. The Morgan fingerprint density at radius 3 is 2.08 bits per heavy atom. The number of carbonyl (C=O) groups is 2. The Kier molecular flexibility index (Phi) is 6.06. The molecular weight excluding hydrogens is 452 g/mol. The number of carbonyl (C=O) groups excluding carboxylic acids is 1. The van der Waals surface area contributed by atoms with E-state index in [2.05, 4.69) is 15.7 Å². The Balaban J connectivity index is 1.30. The van der Waals surface area contributed by atoms with Crippen molar-refractivity contribution in [3.05, 3.63) is 96.2 Å². The molecule has 7 nitrogen and oxygen atoms in total. The largest absolute Gasteiger partial charge is 0.481 e. The number of amides is 2. The second-order valence-electron chi connectivity index (χ2n) is 9.30. The van der Waals surface area contributed by atoms with E-state index in [1.54, 1.807) is 17.9 Å². The van der Waals surface area contributed by atoms with Crippen molar-refractivity contribution in [2.75, 3.05) is 5.32 Å². The van der Waals surface area contributed by atoms with E-state index < -0.39 is 11.4 Å². The van der Waals surface area contributed by atoms with Crippen LogP contribution >= 0.6 is 0 Å². The number of aliphatic carboxylic acids is 1. The van der Waals surface area contributed by atoms with Crippen LogP contribution in [0.1, 0.15) is 36.9 Å². The Labute approximate surface area is 209 Å². The van der Waals surface area contributed by atoms with Gasteiger partial charge in [-0.05, 0) is 47.6 Å². The van der Waals surface area contributed by atoms with Gasteiger partial charge in [-0.15, -0.1) is 0 Å². The van der Waals surface area contributed by atoms with Crippen LogP contribution in [0.4, 0.5) is 10.6 Å². The van der Waals surface area contributed by atoms with Crippen molar-refractivity contribution in [3.8, 4) is 22.3 Å². The summed E-state index contributed by atoms with van der Waals surface area (Å²) in [6.07, 6.45) is 3.13. The number of hydrogen-bond donors (Lipinski definition) is 3. The van der Waals surface area contributed by atoms with Gasteiger partial charge in [0.1, 0.15) is 5.82 Å². The molecule has 1 aliphatic carbocycles. The fourth-order valence-corrected chi connectivity index (χ4v) is 4.54. The van der Waals surface area contributed by atoms with E-state index in [1.807, 2.05) is 85.8 Å². The summed E-state index contributed by atoms with van der Waals surface area (Å²) in [4.78, 5) is 24.3. The Bertz CT molecular complexity index is 1390. The van der Waals surface area contributed by atoms with Gasteiger partial charge in [-0.2, -0.15) is 5.10 Å². The summed E-state index contributed by atoms with van der Waals surface area (Å²) in [7, 11) is 1.79. The molecule has 3 N–H and O–H groups in total. The van der Waals surface area contributed by atoms with Crippen LogP contribution in [-0.4, -0.2) is 26.9 Å². The fourth-order valence-electron chi connectivity index (χ4n) is 4.54. The van der Waals surface area contributed by atoms with E-state index in [0.29, 0.717) is 18.7 Å². The number of hydrogen-bond acceptors (Lipinski definition) is 3. The highest BCUT2D eigenvalue weighted by Gasteiger charge is 2.51. The number of carboxylic acid groups (broad SMARTS) is 1. The number of benzene rings is 3. The van der Waals surface area contributed by atoms with Crippen LogP contribution in [0.3, 0.4) is 0 Å². The molecule has 182 valence electrons. The fraction of sp³-hybridized carbons (Fsp3) is 0.207. The molecular formula is C29H28N4O3. The third-order valence-corrected chi connectivity index (χ3v) is 6.94. The monoisotopic (exact) mass is 480 g/mol. The first-order valence-corrected chi connectivity index (χ1v) is 12.0. The molecule has 0 radical (unpaired) electrons. The summed E-state index contributed by atoms with van der Waals surface area (Å²) in [5.74, 6) is -0.142. The Morgan fingerprint density at radius 2 is 1.50 bits per heavy atom. The first-order valence-electron chi connectivity index (χ1n) is 12.0. The van der Waals surface area contributed by atoms with Crippen LogP contribution in [0.5, 0.6) is 0 Å². The lowest BCUT2D eigenvalue weighted by Gasteiger charge is -2.16. The van der Waals surface area contributed by atoms with E-state index in [1.165, 1.54) is 0 Å². The second-order valence-corrected chi connectivity index (χ2v) is 9.30. The maximum atomic E-state index is 12.7. The number of rotatable bonds is 7. The minimum Gasteiger partial charge on any atom is -0.481 e. The molecule has 5 rings (SSSR count). The van der Waals surface area contributed by atoms with Crippen LogP contribution in [0.25, 0.3) is 22.3 Å². The Morgan fingerprint density at radius 1 is 0.917 bits per heavy atom. The molecule has 0 bridgehead atoms. The van der Waals surface area contributed by atoms with E-state index >= 15 is 0 Å². The average molecular weight is 481 g/mol. The molecule has 1 aliphatic rings. The highest BCUT2D eigenvalue weighted by Crippen LogP contribution is 2.48. The summed E-state index contributed by atoms with van der Waals surface area (Å²) >= 11 is 0. The third-order valence-electron chi connectivity index (χ3n) is 6.94. The predicted molar refractivity (Wildman–Crippen MR) is 140 cm³/mol. The zero-order valence-corrected chi connectivity index (χ0v) is 20.2. The minimum absolute atomic E-state index is 0.140. The van der Waals surface area contributed by atoms with E-state index in [9.17, 15) is 14.7 Å². The van der Waals surface area contributed by atoms with Crippen LogP contribution in [-0.2, 0) is 17.3 Å². The summed E-state index contributed by atoms with van der Waals surface area (Å²) in [5.41, 5.74) is 4.98. The third kappa shape index (κ3) is 4.47. The maximum absolute atomic E-state index is 12.7. The van der Waals surface area contributed by atoms with Crippen molar-refractivity contribution < 1.29 is 14.7 Å². The molecule has 4 aromatic rings. The van der Waals surface area contributed by atoms with Crippen LogP contribution < -0.4 is 10.6 Å². The number of carboxylic acids is 1. The smallest absolute Gasteiger partial charge is 0.320 e. The average Bonchev–Trinajstić information content (AvgIpc) is 3.64. The first kappa shape index (κ1) is 23.4. The van der Waals surface area contributed by atoms with Gasteiger partial charge in [-0.25, -0.2) is 4.79 Å². The van der Waals surface area contributed by atoms with Gasteiger partial charge in [-0.3, -0.25) is 14.8 Å². The highest BCUT2D eigenvalue weighted by atomic mass is 16.4. The van der Waals surface area contributed by atoms with E-state index in [4.69, 9.17) is 0 Å². The van der Waals surface area contributed by atoms with Crippen molar-refractivity contribution in [2.24, 2.45) is 7.05 Å². The molecule has 1 atom stereocenters. The molecule has 36 heavy (non-hydrogen) atoms. The molecule has 0 unspecified atom stereocenters. The molecule has 1 fully saturated rings. The molecule has 1 saturated carbocycles. The van der Waals surface area contributed by atoms with Crippen molar-refractivity contribution in [1.82, 2.24) is 15.1 Å². The quantitative estimate of drug-likeness (QED) is 0.314. The van der Waals surface area contributed by atoms with Gasteiger partial charge >= 0.3 is 12.0 Å².